The molecule has 1 atom stereocenters. The molecule has 3 nitrogen and oxygen atoms in total. The Morgan fingerprint density at radius 2 is 1.90 bits per heavy atom. The average Bonchev–Trinajstić information content (AvgIpc) is 3.35. The van der Waals surface area contributed by atoms with E-state index in [9.17, 15) is 0 Å². The molecule has 5 rings (SSSR count). The van der Waals surface area contributed by atoms with Gasteiger partial charge in [-0.15, -0.1) is 0 Å². The van der Waals surface area contributed by atoms with E-state index in [1.54, 1.807) is 11.3 Å². The molecule has 3 heteroatoms. The maximum Gasteiger partial charge on any atom is 0.0486 e. The minimum atomic E-state index is 0.571. The van der Waals surface area contributed by atoms with Crippen molar-refractivity contribution in [1.82, 2.24) is 14.5 Å². The molecule has 1 aliphatic heterocycles. The van der Waals surface area contributed by atoms with Crippen LogP contribution in [0.15, 0.2) is 42.7 Å². The molecule has 152 valence electrons. The van der Waals surface area contributed by atoms with Crippen molar-refractivity contribution in [3.63, 3.8) is 0 Å². The van der Waals surface area contributed by atoms with Crippen LogP contribution < -0.4 is 0 Å². The largest absolute Gasteiger partial charge is 0.344 e. The fourth-order valence-corrected chi connectivity index (χ4v) is 5.73. The molecule has 2 aliphatic rings. The van der Waals surface area contributed by atoms with E-state index in [2.05, 4.69) is 58.8 Å². The van der Waals surface area contributed by atoms with Crippen molar-refractivity contribution in [1.29, 1.82) is 0 Å². The minimum absolute atomic E-state index is 0.571. The Morgan fingerprint density at radius 3 is 2.69 bits per heavy atom. The van der Waals surface area contributed by atoms with Crippen LogP contribution in [-0.2, 0) is 19.5 Å². The molecule has 0 N–H and O–H groups in total. The van der Waals surface area contributed by atoms with Gasteiger partial charge in [0.2, 0.25) is 0 Å². The monoisotopic (exact) mass is 387 g/mol. The third-order valence-electron chi connectivity index (χ3n) is 7.27. The van der Waals surface area contributed by atoms with Gasteiger partial charge in [0.25, 0.3) is 0 Å². The van der Waals surface area contributed by atoms with Gasteiger partial charge in [-0.2, -0.15) is 0 Å². The van der Waals surface area contributed by atoms with Crippen molar-refractivity contribution in [2.75, 3.05) is 13.6 Å². The summed E-state index contributed by atoms with van der Waals surface area (Å²) in [6, 6.07) is 11.5. The number of hydrogen-bond acceptors (Lipinski definition) is 2. The van der Waals surface area contributed by atoms with Gasteiger partial charge in [0.15, 0.2) is 0 Å². The summed E-state index contributed by atoms with van der Waals surface area (Å²) in [5.41, 5.74) is 7.40. The number of hydrogen-bond donors (Lipinski definition) is 0. The van der Waals surface area contributed by atoms with Crippen LogP contribution in [0.5, 0.6) is 0 Å². The Labute approximate surface area is 174 Å². The summed E-state index contributed by atoms with van der Waals surface area (Å²) in [6.45, 7) is 5.55. The molecular weight excluding hydrogens is 354 g/mol. The summed E-state index contributed by atoms with van der Waals surface area (Å²) in [7, 11) is 2.25. The Balaban J connectivity index is 1.56. The highest BCUT2D eigenvalue weighted by molar-refractivity contribution is 5.86. The quantitative estimate of drug-likeness (QED) is 0.560. The molecule has 2 aromatic heterocycles. The van der Waals surface area contributed by atoms with Gasteiger partial charge in [0, 0.05) is 61.0 Å². The molecule has 1 unspecified atom stereocenters. The summed E-state index contributed by atoms with van der Waals surface area (Å²) < 4.78 is 2.68. The van der Waals surface area contributed by atoms with Crippen LogP contribution in [0, 0.1) is 12.8 Å². The number of aromatic nitrogens is 2. The normalized spacial score (nSPS) is 19.0. The van der Waals surface area contributed by atoms with Gasteiger partial charge < -0.3 is 9.47 Å². The van der Waals surface area contributed by atoms with Gasteiger partial charge in [-0.05, 0) is 61.7 Å². The van der Waals surface area contributed by atoms with E-state index in [1.807, 2.05) is 12.4 Å². The number of fused-ring (bicyclic) bond motifs is 3. The summed E-state index contributed by atoms with van der Waals surface area (Å²) in [5.74, 6) is 1.46. The number of likely N-dealkylation sites (N-methyl/N-ethyl adjacent to an activating group) is 1. The van der Waals surface area contributed by atoms with Gasteiger partial charge >= 0.3 is 0 Å². The first kappa shape index (κ1) is 18.9. The number of pyridine rings is 1. The second-order valence-electron chi connectivity index (χ2n) is 9.41. The fraction of sp³-hybridized carbons (Fsp3) is 0.500. The number of aryl methyl sites for hydroxylation is 1. The molecule has 0 bridgehead atoms. The van der Waals surface area contributed by atoms with Crippen molar-refractivity contribution in [3.8, 4) is 0 Å². The molecule has 0 amide bonds. The van der Waals surface area contributed by atoms with Crippen molar-refractivity contribution in [2.45, 2.75) is 64.5 Å². The van der Waals surface area contributed by atoms with Crippen LogP contribution >= 0.6 is 0 Å². The second-order valence-corrected chi connectivity index (χ2v) is 9.41. The van der Waals surface area contributed by atoms with Crippen LogP contribution in [-0.4, -0.2) is 28.0 Å². The first-order valence-corrected chi connectivity index (χ1v) is 11.4. The van der Waals surface area contributed by atoms with E-state index in [0.717, 1.165) is 32.0 Å². The van der Waals surface area contributed by atoms with Gasteiger partial charge in [-0.1, -0.05) is 37.3 Å². The van der Waals surface area contributed by atoms with E-state index in [0.29, 0.717) is 5.92 Å². The maximum absolute atomic E-state index is 4.28. The SMILES string of the molecule is Cc1ccc2c(c1)c1c(n2CC(CC2CCCC2)c2ccncc2)CCN(C)C1. The van der Waals surface area contributed by atoms with E-state index >= 15 is 0 Å². The molecule has 1 saturated carbocycles. The van der Waals surface area contributed by atoms with Crippen LogP contribution in [0.25, 0.3) is 10.9 Å². The van der Waals surface area contributed by atoms with Crippen LogP contribution in [0.3, 0.4) is 0 Å². The molecule has 1 aromatic carbocycles. The highest BCUT2D eigenvalue weighted by atomic mass is 15.1. The first-order valence-electron chi connectivity index (χ1n) is 11.4. The number of nitrogens with zero attached hydrogens (tertiary/aromatic N) is 3. The smallest absolute Gasteiger partial charge is 0.0486 e. The lowest BCUT2D eigenvalue weighted by Crippen LogP contribution is -2.28. The number of rotatable bonds is 5. The highest BCUT2D eigenvalue weighted by Crippen LogP contribution is 2.38. The summed E-state index contributed by atoms with van der Waals surface area (Å²) in [4.78, 5) is 6.75. The van der Waals surface area contributed by atoms with Gasteiger partial charge in [0.1, 0.15) is 0 Å². The first-order chi connectivity index (χ1) is 14.2. The van der Waals surface area contributed by atoms with E-state index in [4.69, 9.17) is 0 Å². The fourth-order valence-electron chi connectivity index (χ4n) is 5.73. The topological polar surface area (TPSA) is 21.1 Å². The second kappa shape index (κ2) is 7.95. The molecule has 0 saturated heterocycles. The molecule has 3 heterocycles. The summed E-state index contributed by atoms with van der Waals surface area (Å²) >= 11 is 0. The zero-order valence-electron chi connectivity index (χ0n) is 17.9. The molecule has 0 radical (unpaired) electrons. The summed E-state index contributed by atoms with van der Waals surface area (Å²) in [5, 5.41) is 1.47. The van der Waals surface area contributed by atoms with E-state index in [1.165, 1.54) is 54.1 Å². The lowest BCUT2D eigenvalue weighted by Gasteiger charge is -2.27. The van der Waals surface area contributed by atoms with E-state index in [-0.39, 0.29) is 0 Å². The third-order valence-corrected chi connectivity index (χ3v) is 7.27. The molecule has 0 spiro atoms. The Hall–Kier alpha value is -2.13. The molecule has 1 fully saturated rings. The third kappa shape index (κ3) is 3.73. The average molecular weight is 388 g/mol. The van der Waals surface area contributed by atoms with E-state index < -0.39 is 0 Å². The van der Waals surface area contributed by atoms with Gasteiger partial charge in [-0.25, -0.2) is 0 Å². The Bertz CT molecular complexity index is 982. The minimum Gasteiger partial charge on any atom is -0.344 e. The zero-order valence-corrected chi connectivity index (χ0v) is 17.9. The van der Waals surface area contributed by atoms with Gasteiger partial charge in [-0.3, -0.25) is 4.98 Å². The van der Waals surface area contributed by atoms with Crippen molar-refractivity contribution >= 4 is 10.9 Å². The summed E-state index contributed by atoms with van der Waals surface area (Å²) in [6.07, 6.45) is 12.1. The lowest BCUT2D eigenvalue weighted by atomic mass is 9.88. The molecular formula is C26H33N3. The zero-order chi connectivity index (χ0) is 19.8. The molecule has 1 aliphatic carbocycles. The van der Waals surface area contributed by atoms with Crippen LogP contribution in [0.4, 0.5) is 0 Å². The van der Waals surface area contributed by atoms with Crippen LogP contribution in [0.1, 0.15) is 60.4 Å². The Kier molecular flexibility index (Phi) is 5.17. The van der Waals surface area contributed by atoms with Gasteiger partial charge in [0.05, 0.1) is 0 Å². The predicted octanol–water partition coefficient (Wildman–Crippen LogP) is 5.70. The molecule has 3 aromatic rings. The van der Waals surface area contributed by atoms with Crippen molar-refractivity contribution in [3.05, 3.63) is 65.1 Å². The van der Waals surface area contributed by atoms with Crippen LogP contribution in [0.2, 0.25) is 0 Å². The standard InChI is InChI=1S/C26H33N3/c1-19-7-8-25-23(15-19)24-18-28(2)14-11-26(24)29(25)17-22(16-20-5-3-4-6-20)21-9-12-27-13-10-21/h7-10,12-13,15,20,22H,3-6,11,14,16-18H2,1-2H3. The lowest BCUT2D eigenvalue weighted by molar-refractivity contribution is 0.307. The Morgan fingerprint density at radius 1 is 1.10 bits per heavy atom. The molecule has 29 heavy (non-hydrogen) atoms. The predicted molar refractivity (Wildman–Crippen MR) is 120 cm³/mol. The van der Waals surface area contributed by atoms with Crippen molar-refractivity contribution in [2.24, 2.45) is 5.92 Å². The highest BCUT2D eigenvalue weighted by Gasteiger charge is 2.26. The maximum atomic E-state index is 4.28. The number of benzene rings is 1. The van der Waals surface area contributed by atoms with Crippen molar-refractivity contribution < 1.29 is 0 Å².